The minimum Gasteiger partial charge on any atom is -0.497 e. The molecule has 0 aliphatic carbocycles. The van der Waals surface area contributed by atoms with Crippen molar-refractivity contribution in [1.29, 1.82) is 0 Å². The van der Waals surface area contributed by atoms with Gasteiger partial charge < -0.3 is 23.7 Å². The van der Waals surface area contributed by atoms with Crippen LogP contribution in [0.2, 0.25) is 0 Å². The summed E-state index contributed by atoms with van der Waals surface area (Å²) in [5.41, 5.74) is 0.286. The van der Waals surface area contributed by atoms with Crippen molar-refractivity contribution in [3.8, 4) is 28.7 Å². The van der Waals surface area contributed by atoms with Crippen LogP contribution in [0, 0.1) is 0 Å². The SMILES string of the molecule is COc1cc(OC)cc(C(=O)Oc2c(OC)cccc2OC)c1. The molecule has 0 saturated heterocycles. The highest BCUT2D eigenvalue weighted by Crippen LogP contribution is 2.37. The summed E-state index contributed by atoms with van der Waals surface area (Å²) < 4.78 is 26.2. The van der Waals surface area contributed by atoms with Crippen molar-refractivity contribution in [3.05, 3.63) is 42.0 Å². The van der Waals surface area contributed by atoms with Gasteiger partial charge in [0.05, 0.1) is 34.0 Å². The van der Waals surface area contributed by atoms with Crippen molar-refractivity contribution in [2.45, 2.75) is 0 Å². The molecule has 0 bridgehead atoms. The molecular weight excluding hydrogens is 300 g/mol. The first-order valence-electron chi connectivity index (χ1n) is 6.79. The Kier molecular flexibility index (Phi) is 5.30. The molecule has 0 heterocycles. The maximum atomic E-state index is 12.4. The molecule has 0 aromatic heterocycles. The van der Waals surface area contributed by atoms with E-state index in [1.54, 1.807) is 36.4 Å². The number of methoxy groups -OCH3 is 4. The predicted molar refractivity (Wildman–Crippen MR) is 84.1 cm³/mol. The second-order valence-electron chi connectivity index (χ2n) is 4.48. The van der Waals surface area contributed by atoms with Crippen LogP contribution < -0.4 is 23.7 Å². The van der Waals surface area contributed by atoms with Gasteiger partial charge in [-0.1, -0.05) is 6.07 Å². The summed E-state index contributed by atoms with van der Waals surface area (Å²) in [4.78, 5) is 12.4. The van der Waals surface area contributed by atoms with Crippen LogP contribution in [0.1, 0.15) is 10.4 Å². The van der Waals surface area contributed by atoms with Gasteiger partial charge in [0, 0.05) is 6.07 Å². The van der Waals surface area contributed by atoms with Crippen molar-refractivity contribution >= 4 is 5.97 Å². The lowest BCUT2D eigenvalue weighted by atomic mass is 10.2. The van der Waals surface area contributed by atoms with Crippen LogP contribution in [-0.4, -0.2) is 34.4 Å². The minimum absolute atomic E-state index is 0.212. The van der Waals surface area contributed by atoms with Crippen LogP contribution >= 0.6 is 0 Å². The summed E-state index contributed by atoms with van der Waals surface area (Å²) in [6.07, 6.45) is 0. The van der Waals surface area contributed by atoms with Crippen LogP contribution in [0.15, 0.2) is 36.4 Å². The third kappa shape index (κ3) is 3.66. The second kappa shape index (κ2) is 7.40. The van der Waals surface area contributed by atoms with Gasteiger partial charge in [-0.15, -0.1) is 0 Å². The highest BCUT2D eigenvalue weighted by Gasteiger charge is 2.18. The molecule has 23 heavy (non-hydrogen) atoms. The fourth-order valence-electron chi connectivity index (χ4n) is 1.99. The first kappa shape index (κ1) is 16.5. The zero-order valence-electron chi connectivity index (χ0n) is 13.4. The number of para-hydroxylation sites is 1. The molecule has 0 aliphatic heterocycles. The van der Waals surface area contributed by atoms with Crippen LogP contribution in [0.5, 0.6) is 28.7 Å². The molecule has 2 rings (SSSR count). The number of rotatable bonds is 6. The van der Waals surface area contributed by atoms with Gasteiger partial charge in [0.15, 0.2) is 11.5 Å². The van der Waals surface area contributed by atoms with Crippen molar-refractivity contribution < 1.29 is 28.5 Å². The summed E-state index contributed by atoms with van der Waals surface area (Å²) >= 11 is 0. The van der Waals surface area contributed by atoms with Crippen LogP contribution in [0.4, 0.5) is 0 Å². The Morgan fingerprint density at radius 1 is 0.783 bits per heavy atom. The maximum Gasteiger partial charge on any atom is 0.344 e. The number of esters is 1. The molecular formula is C17H18O6. The molecule has 0 amide bonds. The lowest BCUT2D eigenvalue weighted by Gasteiger charge is -2.13. The molecule has 0 fully saturated rings. The molecule has 0 spiro atoms. The normalized spacial score (nSPS) is 9.91. The van der Waals surface area contributed by atoms with Crippen molar-refractivity contribution in [2.24, 2.45) is 0 Å². The second-order valence-corrected chi connectivity index (χ2v) is 4.48. The molecule has 122 valence electrons. The van der Waals surface area contributed by atoms with Crippen LogP contribution in [0.25, 0.3) is 0 Å². The van der Waals surface area contributed by atoms with E-state index >= 15 is 0 Å². The average Bonchev–Trinajstić information content (AvgIpc) is 2.61. The molecule has 6 nitrogen and oxygen atoms in total. The van der Waals surface area contributed by atoms with E-state index in [0.29, 0.717) is 23.0 Å². The quantitative estimate of drug-likeness (QED) is 0.603. The molecule has 0 saturated carbocycles. The van der Waals surface area contributed by atoms with E-state index in [0.717, 1.165) is 0 Å². The number of carbonyl (C=O) groups excluding carboxylic acids is 1. The number of hydrogen-bond acceptors (Lipinski definition) is 6. The standard InChI is InChI=1S/C17H18O6/c1-19-12-8-11(9-13(10-12)20-2)17(18)23-16-14(21-3)6-5-7-15(16)22-4/h5-10H,1-4H3. The maximum absolute atomic E-state index is 12.4. The van der Waals surface area contributed by atoms with Crippen molar-refractivity contribution in [2.75, 3.05) is 28.4 Å². The van der Waals surface area contributed by atoms with Gasteiger partial charge in [-0.3, -0.25) is 0 Å². The third-order valence-electron chi connectivity index (χ3n) is 3.16. The Balaban J connectivity index is 2.36. The molecule has 0 N–H and O–H groups in total. The number of hydrogen-bond donors (Lipinski definition) is 0. The molecule has 6 heteroatoms. The van der Waals surface area contributed by atoms with Gasteiger partial charge >= 0.3 is 5.97 Å². The summed E-state index contributed by atoms with van der Waals surface area (Å²) in [5, 5.41) is 0. The molecule has 0 radical (unpaired) electrons. The smallest absolute Gasteiger partial charge is 0.344 e. The summed E-state index contributed by atoms with van der Waals surface area (Å²) in [6, 6.07) is 9.89. The zero-order valence-corrected chi connectivity index (χ0v) is 13.4. The lowest BCUT2D eigenvalue weighted by molar-refractivity contribution is 0.0723. The van der Waals surface area contributed by atoms with E-state index in [2.05, 4.69) is 0 Å². The Morgan fingerprint density at radius 3 is 1.74 bits per heavy atom. The lowest BCUT2D eigenvalue weighted by Crippen LogP contribution is -2.10. The molecule has 0 aliphatic rings. The van der Waals surface area contributed by atoms with Crippen LogP contribution in [-0.2, 0) is 0 Å². The van der Waals surface area contributed by atoms with Gasteiger partial charge in [-0.05, 0) is 24.3 Å². The average molecular weight is 318 g/mol. The Hall–Kier alpha value is -2.89. The predicted octanol–water partition coefficient (Wildman–Crippen LogP) is 2.94. The molecule has 0 atom stereocenters. The monoisotopic (exact) mass is 318 g/mol. The first-order valence-corrected chi connectivity index (χ1v) is 6.79. The molecule has 2 aromatic rings. The highest BCUT2D eigenvalue weighted by molar-refractivity contribution is 5.92. The minimum atomic E-state index is -0.579. The highest BCUT2D eigenvalue weighted by atomic mass is 16.6. The Bertz CT molecular complexity index is 651. The topological polar surface area (TPSA) is 63.2 Å². The van der Waals surface area contributed by atoms with E-state index in [1.165, 1.54) is 28.4 Å². The van der Waals surface area contributed by atoms with Gasteiger partial charge in [0.1, 0.15) is 11.5 Å². The van der Waals surface area contributed by atoms with Gasteiger partial charge in [-0.25, -0.2) is 4.79 Å². The van der Waals surface area contributed by atoms with E-state index in [-0.39, 0.29) is 11.3 Å². The van der Waals surface area contributed by atoms with E-state index in [9.17, 15) is 4.79 Å². The number of benzene rings is 2. The largest absolute Gasteiger partial charge is 0.497 e. The number of carbonyl (C=O) groups is 1. The zero-order chi connectivity index (χ0) is 16.8. The van der Waals surface area contributed by atoms with Crippen molar-refractivity contribution in [3.63, 3.8) is 0 Å². The van der Waals surface area contributed by atoms with E-state index in [1.807, 2.05) is 0 Å². The van der Waals surface area contributed by atoms with Gasteiger partial charge in [0.2, 0.25) is 5.75 Å². The fourth-order valence-corrected chi connectivity index (χ4v) is 1.99. The summed E-state index contributed by atoms with van der Waals surface area (Å²) in [7, 11) is 5.99. The summed E-state index contributed by atoms with van der Waals surface area (Å²) in [6.45, 7) is 0. The molecule has 0 unspecified atom stereocenters. The fraction of sp³-hybridized carbons (Fsp3) is 0.235. The summed E-state index contributed by atoms with van der Waals surface area (Å²) in [5.74, 6) is 1.40. The number of ether oxygens (including phenoxy) is 5. The van der Waals surface area contributed by atoms with Gasteiger partial charge in [0.25, 0.3) is 0 Å². The Morgan fingerprint density at radius 2 is 1.30 bits per heavy atom. The Labute approximate surface area is 134 Å². The van der Waals surface area contributed by atoms with Crippen LogP contribution in [0.3, 0.4) is 0 Å². The molecule has 2 aromatic carbocycles. The van der Waals surface area contributed by atoms with Crippen molar-refractivity contribution in [1.82, 2.24) is 0 Å². The van der Waals surface area contributed by atoms with E-state index in [4.69, 9.17) is 23.7 Å². The van der Waals surface area contributed by atoms with E-state index < -0.39 is 5.97 Å². The van der Waals surface area contributed by atoms with Gasteiger partial charge in [-0.2, -0.15) is 0 Å². The first-order chi connectivity index (χ1) is 11.1. The third-order valence-corrected chi connectivity index (χ3v) is 3.16.